The molecule has 0 saturated heterocycles. The van der Waals surface area contributed by atoms with Gasteiger partial charge >= 0.3 is 0 Å². The number of imide groups is 1. The number of anilines is 1. The van der Waals surface area contributed by atoms with Gasteiger partial charge in [0.1, 0.15) is 5.75 Å². The van der Waals surface area contributed by atoms with Crippen molar-refractivity contribution in [2.24, 2.45) is 0 Å². The third kappa shape index (κ3) is 3.30. The van der Waals surface area contributed by atoms with Crippen molar-refractivity contribution in [1.29, 1.82) is 0 Å². The normalized spacial score (nSPS) is 14.2. The van der Waals surface area contributed by atoms with Crippen molar-refractivity contribution in [3.63, 3.8) is 0 Å². The van der Waals surface area contributed by atoms with Crippen LogP contribution in [0.5, 0.6) is 5.75 Å². The lowest BCUT2D eigenvalue weighted by molar-refractivity contribution is -0.119. The summed E-state index contributed by atoms with van der Waals surface area (Å²) in [5.41, 5.74) is 1.42. The highest BCUT2D eigenvalue weighted by molar-refractivity contribution is 8.04. The zero-order valence-electron chi connectivity index (χ0n) is 15.8. The van der Waals surface area contributed by atoms with E-state index in [0.717, 1.165) is 10.8 Å². The summed E-state index contributed by atoms with van der Waals surface area (Å²) in [5.74, 6) is 0.0589. The predicted octanol–water partition coefficient (Wildman–Crippen LogP) is 3.86. The van der Waals surface area contributed by atoms with E-state index in [-0.39, 0.29) is 12.5 Å². The monoisotopic (exact) mass is 405 g/mol. The minimum Gasteiger partial charge on any atom is -0.496 e. The predicted molar refractivity (Wildman–Crippen MR) is 116 cm³/mol. The van der Waals surface area contributed by atoms with E-state index in [1.165, 1.54) is 23.8 Å². The van der Waals surface area contributed by atoms with Crippen LogP contribution in [-0.2, 0) is 9.59 Å². The van der Waals surface area contributed by atoms with Gasteiger partial charge < -0.3 is 9.84 Å². The Morgan fingerprint density at radius 1 is 0.931 bits per heavy atom. The molecule has 2 amide bonds. The van der Waals surface area contributed by atoms with Gasteiger partial charge in [-0.3, -0.25) is 9.59 Å². The maximum Gasteiger partial charge on any atom is 0.272 e. The molecule has 0 fully saturated rings. The number of aliphatic hydroxyl groups excluding tert-OH is 1. The van der Waals surface area contributed by atoms with Gasteiger partial charge in [0.2, 0.25) is 0 Å². The van der Waals surface area contributed by atoms with E-state index in [2.05, 4.69) is 0 Å². The van der Waals surface area contributed by atoms with Crippen LogP contribution < -0.4 is 9.64 Å². The van der Waals surface area contributed by atoms with Crippen LogP contribution in [0.3, 0.4) is 0 Å². The van der Waals surface area contributed by atoms with Gasteiger partial charge in [-0.25, -0.2) is 4.90 Å². The number of carbonyl (C=O) groups excluding carboxylic acids is 2. The second kappa shape index (κ2) is 8.11. The standard InChI is InChI=1S/C23H19NO4S/c1-28-19-12-5-4-10-17(19)20-21(29-14-13-25)23(27)24(22(20)26)18-11-6-8-15-7-2-3-9-16(15)18/h2-12,25H,13-14H2,1H3. The topological polar surface area (TPSA) is 66.8 Å². The van der Waals surface area contributed by atoms with Crippen LogP contribution >= 0.6 is 11.8 Å². The number of thioether (sulfide) groups is 1. The highest BCUT2D eigenvalue weighted by Crippen LogP contribution is 2.42. The fourth-order valence-electron chi connectivity index (χ4n) is 3.50. The summed E-state index contributed by atoms with van der Waals surface area (Å²) >= 11 is 1.18. The number of hydrogen-bond donors (Lipinski definition) is 1. The number of aliphatic hydroxyl groups is 1. The van der Waals surface area contributed by atoms with Crippen LogP contribution in [0.15, 0.2) is 71.6 Å². The number of nitrogens with zero attached hydrogens (tertiary/aromatic N) is 1. The SMILES string of the molecule is COc1ccccc1C1=C(SCCO)C(=O)N(c2cccc3ccccc23)C1=O. The van der Waals surface area contributed by atoms with Gasteiger partial charge in [0.05, 0.1) is 29.9 Å². The minimum atomic E-state index is -0.392. The van der Waals surface area contributed by atoms with E-state index in [0.29, 0.717) is 33.2 Å². The van der Waals surface area contributed by atoms with E-state index in [1.807, 2.05) is 42.5 Å². The van der Waals surface area contributed by atoms with Crippen LogP contribution in [0, 0.1) is 0 Å². The van der Waals surface area contributed by atoms with Crippen LogP contribution in [0.1, 0.15) is 5.56 Å². The average Bonchev–Trinajstić information content (AvgIpc) is 3.01. The molecule has 1 aliphatic heterocycles. The Hall–Kier alpha value is -3.09. The third-order valence-corrected chi connectivity index (χ3v) is 5.82. The molecule has 0 bridgehead atoms. The first-order valence-corrected chi connectivity index (χ1v) is 10.1. The van der Waals surface area contributed by atoms with Crippen molar-refractivity contribution in [2.45, 2.75) is 0 Å². The summed E-state index contributed by atoms with van der Waals surface area (Å²) in [5, 5.41) is 11.1. The van der Waals surface area contributed by atoms with Gasteiger partial charge in [-0.05, 0) is 17.5 Å². The molecule has 0 saturated carbocycles. The van der Waals surface area contributed by atoms with Crippen LogP contribution in [0.2, 0.25) is 0 Å². The Kier molecular flexibility index (Phi) is 5.38. The Morgan fingerprint density at radius 2 is 1.66 bits per heavy atom. The molecule has 0 atom stereocenters. The summed E-state index contributed by atoms with van der Waals surface area (Å²) in [6.07, 6.45) is 0. The first-order valence-electron chi connectivity index (χ1n) is 9.15. The van der Waals surface area contributed by atoms with Gasteiger partial charge in [-0.1, -0.05) is 54.6 Å². The van der Waals surface area contributed by atoms with E-state index in [1.54, 1.807) is 24.3 Å². The van der Waals surface area contributed by atoms with Gasteiger partial charge in [0.15, 0.2) is 0 Å². The zero-order valence-corrected chi connectivity index (χ0v) is 16.6. The molecule has 5 nitrogen and oxygen atoms in total. The molecule has 4 rings (SSSR count). The lowest BCUT2D eigenvalue weighted by atomic mass is 10.0. The number of amides is 2. The molecule has 0 aromatic heterocycles. The molecule has 0 radical (unpaired) electrons. The molecular formula is C23H19NO4S. The quantitative estimate of drug-likeness (QED) is 0.631. The molecule has 0 unspecified atom stereocenters. The first kappa shape index (κ1) is 19.2. The second-order valence-electron chi connectivity index (χ2n) is 6.42. The smallest absolute Gasteiger partial charge is 0.272 e. The molecule has 0 spiro atoms. The van der Waals surface area contributed by atoms with Gasteiger partial charge in [0.25, 0.3) is 11.8 Å². The summed E-state index contributed by atoms with van der Waals surface area (Å²) in [6, 6.07) is 20.3. The van der Waals surface area contributed by atoms with Crippen molar-refractivity contribution >= 4 is 45.6 Å². The largest absolute Gasteiger partial charge is 0.496 e. The van der Waals surface area contributed by atoms with Gasteiger partial charge in [0, 0.05) is 16.7 Å². The third-order valence-electron chi connectivity index (χ3n) is 4.76. The van der Waals surface area contributed by atoms with Crippen molar-refractivity contribution in [1.82, 2.24) is 0 Å². The average molecular weight is 405 g/mol. The number of methoxy groups -OCH3 is 1. The molecule has 3 aromatic rings. The zero-order chi connectivity index (χ0) is 20.4. The molecule has 3 aromatic carbocycles. The van der Waals surface area contributed by atoms with Crippen molar-refractivity contribution in [3.8, 4) is 5.75 Å². The number of carbonyl (C=O) groups is 2. The molecule has 146 valence electrons. The molecule has 1 N–H and O–H groups in total. The maximum atomic E-state index is 13.5. The number of benzene rings is 3. The van der Waals surface area contributed by atoms with E-state index in [9.17, 15) is 14.7 Å². The second-order valence-corrected chi connectivity index (χ2v) is 7.53. The van der Waals surface area contributed by atoms with Crippen molar-refractivity contribution < 1.29 is 19.4 Å². The summed E-state index contributed by atoms with van der Waals surface area (Å²) in [4.78, 5) is 28.4. The molecule has 1 heterocycles. The Bertz CT molecular complexity index is 1130. The van der Waals surface area contributed by atoms with E-state index in [4.69, 9.17) is 4.74 Å². The number of hydrogen-bond acceptors (Lipinski definition) is 5. The summed E-state index contributed by atoms with van der Waals surface area (Å²) in [7, 11) is 1.53. The molecular weight excluding hydrogens is 386 g/mol. The highest BCUT2D eigenvalue weighted by atomic mass is 32.2. The van der Waals surface area contributed by atoms with Crippen LogP contribution in [0.25, 0.3) is 16.3 Å². The number of para-hydroxylation sites is 1. The number of ether oxygens (including phenoxy) is 1. The fourth-order valence-corrected chi connectivity index (χ4v) is 4.35. The van der Waals surface area contributed by atoms with Gasteiger partial charge in [-0.15, -0.1) is 11.8 Å². The number of rotatable bonds is 6. The summed E-state index contributed by atoms with van der Waals surface area (Å²) in [6.45, 7) is -0.0941. The Labute approximate surface area is 172 Å². The molecule has 1 aliphatic rings. The molecule has 6 heteroatoms. The van der Waals surface area contributed by atoms with E-state index >= 15 is 0 Å². The maximum absolute atomic E-state index is 13.5. The molecule has 0 aliphatic carbocycles. The van der Waals surface area contributed by atoms with Crippen molar-refractivity contribution in [2.75, 3.05) is 24.4 Å². The van der Waals surface area contributed by atoms with Crippen molar-refractivity contribution in [3.05, 3.63) is 77.2 Å². The van der Waals surface area contributed by atoms with Crippen LogP contribution in [0.4, 0.5) is 5.69 Å². The summed E-state index contributed by atoms with van der Waals surface area (Å²) < 4.78 is 5.43. The lowest BCUT2D eigenvalue weighted by Crippen LogP contribution is -2.31. The minimum absolute atomic E-state index is 0.0941. The number of fused-ring (bicyclic) bond motifs is 1. The highest BCUT2D eigenvalue weighted by Gasteiger charge is 2.41. The first-order chi connectivity index (χ1) is 14.2. The lowest BCUT2D eigenvalue weighted by Gasteiger charge is -2.18. The van der Waals surface area contributed by atoms with Crippen LogP contribution in [-0.4, -0.2) is 36.4 Å². The van der Waals surface area contributed by atoms with E-state index < -0.39 is 5.91 Å². The fraction of sp³-hybridized carbons (Fsp3) is 0.130. The Balaban J connectivity index is 1.89. The Morgan fingerprint density at radius 3 is 2.45 bits per heavy atom. The molecule has 29 heavy (non-hydrogen) atoms. The van der Waals surface area contributed by atoms with Gasteiger partial charge in [-0.2, -0.15) is 0 Å².